The van der Waals surface area contributed by atoms with Crippen LogP contribution in [0.25, 0.3) is 0 Å². The van der Waals surface area contributed by atoms with Gasteiger partial charge in [-0.15, -0.1) is 0 Å². The van der Waals surface area contributed by atoms with Crippen molar-refractivity contribution in [2.45, 2.75) is 12.1 Å². The van der Waals surface area contributed by atoms with Crippen molar-refractivity contribution in [3.63, 3.8) is 0 Å². The molecule has 0 aliphatic heterocycles. The van der Waals surface area contributed by atoms with Gasteiger partial charge in [0.05, 0.1) is 12.5 Å². The summed E-state index contributed by atoms with van der Waals surface area (Å²) in [7, 11) is 0. The van der Waals surface area contributed by atoms with E-state index in [-0.39, 0.29) is 6.54 Å². The van der Waals surface area contributed by atoms with E-state index in [9.17, 15) is 18.0 Å². The Morgan fingerprint density at radius 3 is 2.33 bits per heavy atom. The van der Waals surface area contributed by atoms with E-state index in [1.165, 1.54) is 24.3 Å². The van der Waals surface area contributed by atoms with E-state index in [0.717, 1.165) is 0 Å². The van der Waals surface area contributed by atoms with Crippen LogP contribution in [0, 0.1) is 0 Å². The maximum atomic E-state index is 11.9. The van der Waals surface area contributed by atoms with Crippen molar-refractivity contribution in [3.05, 3.63) is 34.9 Å². The first-order chi connectivity index (χ1) is 8.29. The van der Waals surface area contributed by atoms with Gasteiger partial charge < -0.3 is 10.4 Å². The molecule has 100 valence electrons. The highest BCUT2D eigenvalue weighted by atomic mass is 35.5. The Kier molecular flexibility index (Phi) is 4.98. The van der Waals surface area contributed by atoms with E-state index < -0.39 is 24.6 Å². The lowest BCUT2D eigenvalue weighted by Crippen LogP contribution is -2.34. The van der Waals surface area contributed by atoms with Gasteiger partial charge in [0.15, 0.2) is 0 Å². The highest BCUT2D eigenvalue weighted by Gasteiger charge is 2.28. The fraction of sp³-hybridized carbons (Fsp3) is 0.364. The van der Waals surface area contributed by atoms with Crippen molar-refractivity contribution < 1.29 is 23.1 Å². The predicted molar refractivity (Wildman–Crippen MR) is 60.8 cm³/mol. The highest BCUT2D eigenvalue weighted by molar-refractivity contribution is 6.30. The molecule has 0 saturated carbocycles. The molecule has 0 aromatic heterocycles. The molecular weight excluding hydrogens is 271 g/mol. The summed E-state index contributed by atoms with van der Waals surface area (Å²) in [6.45, 7) is -1.51. The molecule has 1 unspecified atom stereocenters. The molecule has 1 aromatic carbocycles. The molecule has 0 amide bonds. The van der Waals surface area contributed by atoms with Crippen LogP contribution in [0.5, 0.6) is 0 Å². The van der Waals surface area contributed by atoms with Crippen LogP contribution in [-0.4, -0.2) is 30.3 Å². The summed E-state index contributed by atoms with van der Waals surface area (Å²) in [6.07, 6.45) is -4.36. The van der Waals surface area contributed by atoms with Crippen molar-refractivity contribution in [2.75, 3.05) is 13.1 Å². The van der Waals surface area contributed by atoms with Crippen LogP contribution in [0.15, 0.2) is 24.3 Å². The fourth-order valence-corrected chi connectivity index (χ4v) is 1.53. The minimum Gasteiger partial charge on any atom is -0.481 e. The minimum absolute atomic E-state index is 0.295. The molecular formula is C11H11ClF3NO2. The summed E-state index contributed by atoms with van der Waals surface area (Å²) in [5.74, 6) is -2.23. The monoisotopic (exact) mass is 281 g/mol. The van der Waals surface area contributed by atoms with E-state index in [1.54, 1.807) is 0 Å². The maximum Gasteiger partial charge on any atom is 0.401 e. The lowest BCUT2D eigenvalue weighted by atomic mass is 9.99. The largest absolute Gasteiger partial charge is 0.481 e. The van der Waals surface area contributed by atoms with Crippen LogP contribution >= 0.6 is 11.6 Å². The first kappa shape index (κ1) is 14.8. The van der Waals surface area contributed by atoms with Crippen LogP contribution in [0.1, 0.15) is 11.5 Å². The molecule has 0 aliphatic rings. The number of halogens is 4. The van der Waals surface area contributed by atoms with Gasteiger partial charge in [-0.2, -0.15) is 13.2 Å². The van der Waals surface area contributed by atoms with Gasteiger partial charge in [0, 0.05) is 11.6 Å². The molecule has 2 N–H and O–H groups in total. The van der Waals surface area contributed by atoms with Gasteiger partial charge >= 0.3 is 12.1 Å². The second kappa shape index (κ2) is 6.06. The van der Waals surface area contributed by atoms with E-state index in [1.807, 2.05) is 0 Å². The summed E-state index contributed by atoms with van der Waals surface area (Å²) in [4.78, 5) is 11.0. The fourth-order valence-electron chi connectivity index (χ4n) is 1.40. The second-order valence-corrected chi connectivity index (χ2v) is 4.12. The molecule has 18 heavy (non-hydrogen) atoms. The SMILES string of the molecule is O=C(O)C(CNCC(F)(F)F)c1ccc(Cl)cc1. The van der Waals surface area contributed by atoms with E-state index in [4.69, 9.17) is 16.7 Å². The van der Waals surface area contributed by atoms with Crippen molar-refractivity contribution in [3.8, 4) is 0 Å². The van der Waals surface area contributed by atoms with Gasteiger partial charge in [0.1, 0.15) is 0 Å². The summed E-state index contributed by atoms with van der Waals surface area (Å²) in [5.41, 5.74) is 0.404. The molecule has 0 fully saturated rings. The third kappa shape index (κ3) is 4.93. The van der Waals surface area contributed by atoms with E-state index in [2.05, 4.69) is 5.32 Å². The Morgan fingerprint density at radius 1 is 1.33 bits per heavy atom. The molecule has 0 aliphatic carbocycles. The molecule has 1 rings (SSSR count). The first-order valence-corrected chi connectivity index (χ1v) is 5.43. The summed E-state index contributed by atoms with van der Waals surface area (Å²) >= 11 is 5.65. The Hall–Kier alpha value is -1.27. The zero-order valence-electron chi connectivity index (χ0n) is 9.17. The molecule has 0 heterocycles. The number of rotatable bonds is 5. The van der Waals surface area contributed by atoms with Crippen LogP contribution in [0.3, 0.4) is 0 Å². The Bertz CT molecular complexity index is 406. The van der Waals surface area contributed by atoms with Crippen LogP contribution in [-0.2, 0) is 4.79 Å². The second-order valence-electron chi connectivity index (χ2n) is 3.69. The van der Waals surface area contributed by atoms with Gasteiger partial charge in [-0.1, -0.05) is 23.7 Å². The predicted octanol–water partition coefficient (Wildman–Crippen LogP) is 2.66. The summed E-state index contributed by atoms with van der Waals surface area (Å²) < 4.78 is 35.8. The number of benzene rings is 1. The number of carboxylic acid groups (broad SMARTS) is 1. The number of aliphatic carboxylic acids is 1. The molecule has 3 nitrogen and oxygen atoms in total. The number of carbonyl (C=O) groups is 1. The van der Waals surface area contributed by atoms with Gasteiger partial charge in [0.25, 0.3) is 0 Å². The zero-order chi connectivity index (χ0) is 13.8. The Balaban J connectivity index is 2.66. The van der Waals surface area contributed by atoms with Crippen molar-refractivity contribution >= 4 is 17.6 Å². The molecule has 1 atom stereocenters. The van der Waals surface area contributed by atoms with Crippen molar-refractivity contribution in [2.24, 2.45) is 0 Å². The molecule has 0 radical (unpaired) electrons. The van der Waals surface area contributed by atoms with Crippen molar-refractivity contribution in [1.29, 1.82) is 0 Å². The number of alkyl halides is 3. The summed E-state index contributed by atoms with van der Waals surface area (Å²) in [6, 6.07) is 5.96. The quantitative estimate of drug-likeness (QED) is 0.872. The maximum absolute atomic E-state index is 11.9. The molecule has 7 heteroatoms. The van der Waals surface area contributed by atoms with Gasteiger partial charge in [-0.05, 0) is 17.7 Å². The molecule has 0 spiro atoms. The number of carboxylic acids is 1. The first-order valence-electron chi connectivity index (χ1n) is 5.05. The standard InChI is InChI=1S/C11H11ClF3NO2/c12-8-3-1-7(2-4-8)9(10(17)18)5-16-6-11(13,14)15/h1-4,9,16H,5-6H2,(H,17,18). The average molecular weight is 282 g/mol. The van der Waals surface area contributed by atoms with Gasteiger partial charge in [0.2, 0.25) is 0 Å². The smallest absolute Gasteiger partial charge is 0.401 e. The highest BCUT2D eigenvalue weighted by Crippen LogP contribution is 2.19. The third-order valence-corrected chi connectivity index (χ3v) is 2.50. The minimum atomic E-state index is -4.36. The topological polar surface area (TPSA) is 49.3 Å². The number of nitrogens with one attached hydrogen (secondary N) is 1. The Labute approximate surface area is 107 Å². The van der Waals surface area contributed by atoms with Crippen LogP contribution in [0.2, 0.25) is 5.02 Å². The van der Waals surface area contributed by atoms with E-state index in [0.29, 0.717) is 10.6 Å². The molecule has 1 aromatic rings. The Morgan fingerprint density at radius 2 is 1.89 bits per heavy atom. The third-order valence-electron chi connectivity index (χ3n) is 2.24. The lowest BCUT2D eigenvalue weighted by molar-refractivity contribution is -0.140. The molecule has 0 bridgehead atoms. The van der Waals surface area contributed by atoms with Gasteiger partial charge in [-0.25, -0.2) is 0 Å². The van der Waals surface area contributed by atoms with Crippen LogP contribution < -0.4 is 5.32 Å². The number of hydrogen-bond acceptors (Lipinski definition) is 2. The van der Waals surface area contributed by atoms with E-state index >= 15 is 0 Å². The van der Waals surface area contributed by atoms with Crippen molar-refractivity contribution in [1.82, 2.24) is 5.32 Å². The lowest BCUT2D eigenvalue weighted by Gasteiger charge is -2.15. The van der Waals surface area contributed by atoms with Gasteiger partial charge in [-0.3, -0.25) is 4.79 Å². The molecule has 0 saturated heterocycles. The summed E-state index contributed by atoms with van der Waals surface area (Å²) in [5, 5.41) is 11.5. The van der Waals surface area contributed by atoms with Crippen LogP contribution in [0.4, 0.5) is 13.2 Å². The number of hydrogen-bond donors (Lipinski definition) is 2. The normalized spacial score (nSPS) is 13.3. The zero-order valence-corrected chi connectivity index (χ0v) is 9.92. The average Bonchev–Trinajstić information content (AvgIpc) is 2.24.